The van der Waals surface area contributed by atoms with Crippen LogP contribution >= 0.6 is 0 Å². The van der Waals surface area contributed by atoms with Crippen molar-refractivity contribution in [1.29, 1.82) is 0 Å². The second-order valence-corrected chi connectivity index (χ2v) is 4.40. The Labute approximate surface area is 119 Å². The first kappa shape index (κ1) is 14.9. The van der Waals surface area contributed by atoms with Crippen LogP contribution in [0, 0.1) is 6.92 Å². The van der Waals surface area contributed by atoms with Gasteiger partial charge >= 0.3 is 6.61 Å². The van der Waals surface area contributed by atoms with Crippen LogP contribution in [-0.4, -0.2) is 39.6 Å². The van der Waals surface area contributed by atoms with Crippen LogP contribution in [0.1, 0.15) is 22.0 Å². The van der Waals surface area contributed by atoms with E-state index in [4.69, 9.17) is 0 Å². The SMILES string of the molecule is Cc1nc(CN(C)C(=O)c2cccc(OC(F)F)c2)n[nH]1. The number of aromatic nitrogens is 3. The van der Waals surface area contributed by atoms with Gasteiger partial charge in [-0.3, -0.25) is 9.89 Å². The molecule has 1 heterocycles. The van der Waals surface area contributed by atoms with E-state index < -0.39 is 6.61 Å². The van der Waals surface area contributed by atoms with Crippen molar-refractivity contribution in [2.45, 2.75) is 20.1 Å². The van der Waals surface area contributed by atoms with E-state index in [0.29, 0.717) is 11.6 Å². The van der Waals surface area contributed by atoms with Gasteiger partial charge in [-0.05, 0) is 25.1 Å². The highest BCUT2D eigenvalue weighted by Gasteiger charge is 2.15. The second-order valence-electron chi connectivity index (χ2n) is 4.40. The summed E-state index contributed by atoms with van der Waals surface area (Å²) in [5.41, 5.74) is 0.253. The van der Waals surface area contributed by atoms with Gasteiger partial charge < -0.3 is 9.64 Å². The van der Waals surface area contributed by atoms with E-state index >= 15 is 0 Å². The number of alkyl halides is 2. The zero-order valence-corrected chi connectivity index (χ0v) is 11.5. The molecule has 0 atom stereocenters. The maximum absolute atomic E-state index is 12.2. The van der Waals surface area contributed by atoms with E-state index in [2.05, 4.69) is 19.9 Å². The topological polar surface area (TPSA) is 71.1 Å². The van der Waals surface area contributed by atoms with Crippen LogP contribution in [-0.2, 0) is 6.54 Å². The summed E-state index contributed by atoms with van der Waals surface area (Å²) in [6, 6.07) is 5.64. The molecular weight excluding hydrogens is 282 g/mol. The van der Waals surface area contributed by atoms with Crippen LogP contribution in [0.3, 0.4) is 0 Å². The van der Waals surface area contributed by atoms with E-state index in [1.54, 1.807) is 14.0 Å². The van der Waals surface area contributed by atoms with Crippen molar-refractivity contribution in [2.24, 2.45) is 0 Å². The molecule has 1 amide bonds. The zero-order chi connectivity index (χ0) is 15.4. The number of carbonyl (C=O) groups excluding carboxylic acids is 1. The zero-order valence-electron chi connectivity index (χ0n) is 11.5. The van der Waals surface area contributed by atoms with Gasteiger partial charge in [-0.25, -0.2) is 4.98 Å². The lowest BCUT2D eigenvalue weighted by atomic mass is 10.2. The molecule has 0 saturated carbocycles. The minimum Gasteiger partial charge on any atom is -0.435 e. The number of ether oxygens (including phenoxy) is 1. The summed E-state index contributed by atoms with van der Waals surface area (Å²) in [5, 5.41) is 6.62. The number of nitrogens with one attached hydrogen (secondary N) is 1. The van der Waals surface area contributed by atoms with Crippen LogP contribution < -0.4 is 4.74 Å². The van der Waals surface area contributed by atoms with Crippen LogP contribution in [0.5, 0.6) is 5.75 Å². The molecule has 0 bridgehead atoms. The number of aromatic amines is 1. The highest BCUT2D eigenvalue weighted by atomic mass is 19.3. The number of amides is 1. The largest absolute Gasteiger partial charge is 0.435 e. The summed E-state index contributed by atoms with van der Waals surface area (Å²) >= 11 is 0. The van der Waals surface area contributed by atoms with Crippen molar-refractivity contribution in [3.8, 4) is 5.75 Å². The number of H-pyrrole nitrogens is 1. The fraction of sp³-hybridized carbons (Fsp3) is 0.308. The normalized spacial score (nSPS) is 10.7. The lowest BCUT2D eigenvalue weighted by molar-refractivity contribution is -0.0499. The summed E-state index contributed by atoms with van der Waals surface area (Å²) in [7, 11) is 1.58. The van der Waals surface area contributed by atoms with Crippen molar-refractivity contribution in [3.05, 3.63) is 41.5 Å². The molecule has 0 aliphatic heterocycles. The molecule has 1 aromatic heterocycles. The fourth-order valence-corrected chi connectivity index (χ4v) is 1.77. The maximum atomic E-state index is 12.2. The lowest BCUT2D eigenvalue weighted by Crippen LogP contribution is -2.26. The van der Waals surface area contributed by atoms with E-state index in [1.807, 2.05) is 0 Å². The van der Waals surface area contributed by atoms with E-state index in [0.717, 1.165) is 0 Å². The first-order valence-corrected chi connectivity index (χ1v) is 6.14. The molecule has 2 rings (SSSR count). The number of hydrogen-bond acceptors (Lipinski definition) is 4. The van der Waals surface area contributed by atoms with E-state index in [9.17, 15) is 13.6 Å². The molecule has 2 aromatic rings. The third kappa shape index (κ3) is 3.98. The summed E-state index contributed by atoms with van der Waals surface area (Å²) < 4.78 is 28.6. The molecule has 0 radical (unpaired) electrons. The number of aryl methyl sites for hydroxylation is 1. The quantitative estimate of drug-likeness (QED) is 0.916. The third-order valence-electron chi connectivity index (χ3n) is 2.67. The predicted octanol–water partition coefficient (Wildman–Crippen LogP) is 1.99. The van der Waals surface area contributed by atoms with Crippen molar-refractivity contribution in [3.63, 3.8) is 0 Å². The molecule has 0 unspecified atom stereocenters. The van der Waals surface area contributed by atoms with Crippen LogP contribution in [0.15, 0.2) is 24.3 Å². The van der Waals surface area contributed by atoms with Crippen molar-refractivity contribution < 1.29 is 18.3 Å². The molecule has 1 aromatic carbocycles. The van der Waals surface area contributed by atoms with E-state index in [-0.39, 0.29) is 23.8 Å². The Kier molecular flexibility index (Phi) is 4.46. The van der Waals surface area contributed by atoms with Gasteiger partial charge in [-0.1, -0.05) is 6.07 Å². The molecule has 0 fully saturated rings. The molecule has 8 heteroatoms. The first-order valence-electron chi connectivity index (χ1n) is 6.14. The van der Waals surface area contributed by atoms with Gasteiger partial charge in [0.25, 0.3) is 5.91 Å². The molecule has 6 nitrogen and oxygen atoms in total. The number of carbonyl (C=O) groups is 1. The third-order valence-corrected chi connectivity index (χ3v) is 2.67. The lowest BCUT2D eigenvalue weighted by Gasteiger charge is -2.15. The van der Waals surface area contributed by atoms with Gasteiger partial charge in [0, 0.05) is 12.6 Å². The fourth-order valence-electron chi connectivity index (χ4n) is 1.77. The highest BCUT2D eigenvalue weighted by molar-refractivity contribution is 5.94. The first-order chi connectivity index (χ1) is 9.95. The predicted molar refractivity (Wildman–Crippen MR) is 70.0 cm³/mol. The monoisotopic (exact) mass is 296 g/mol. The highest BCUT2D eigenvalue weighted by Crippen LogP contribution is 2.17. The maximum Gasteiger partial charge on any atom is 0.387 e. The number of benzene rings is 1. The van der Waals surface area contributed by atoms with Gasteiger partial charge in [-0.2, -0.15) is 13.9 Å². The van der Waals surface area contributed by atoms with Gasteiger partial charge in [0.05, 0.1) is 6.54 Å². The van der Waals surface area contributed by atoms with Gasteiger partial charge in [-0.15, -0.1) is 0 Å². The standard InChI is InChI=1S/C13H14F2N4O2/c1-8-16-11(18-17-8)7-19(2)12(20)9-4-3-5-10(6-9)21-13(14)15/h3-6,13H,7H2,1-2H3,(H,16,17,18). The van der Waals surface area contributed by atoms with Gasteiger partial charge in [0.15, 0.2) is 5.82 Å². The number of nitrogens with zero attached hydrogens (tertiary/aromatic N) is 3. The van der Waals surface area contributed by atoms with Crippen molar-refractivity contribution in [2.75, 3.05) is 7.05 Å². The Hall–Kier alpha value is -2.51. The number of rotatable bonds is 5. The van der Waals surface area contributed by atoms with E-state index in [1.165, 1.54) is 29.2 Å². The summed E-state index contributed by atoms with van der Waals surface area (Å²) in [6.45, 7) is -0.962. The molecule has 0 aliphatic rings. The van der Waals surface area contributed by atoms with Crippen LogP contribution in [0.2, 0.25) is 0 Å². The van der Waals surface area contributed by atoms with Crippen LogP contribution in [0.4, 0.5) is 8.78 Å². The van der Waals surface area contributed by atoms with Gasteiger partial charge in [0.2, 0.25) is 0 Å². The summed E-state index contributed by atoms with van der Waals surface area (Å²) in [6.07, 6.45) is 0. The van der Waals surface area contributed by atoms with Gasteiger partial charge in [0.1, 0.15) is 11.6 Å². The Morgan fingerprint density at radius 1 is 1.48 bits per heavy atom. The second kappa shape index (κ2) is 6.29. The van der Waals surface area contributed by atoms with Crippen molar-refractivity contribution >= 4 is 5.91 Å². The number of hydrogen-bond donors (Lipinski definition) is 1. The minimum absolute atomic E-state index is 0.0574. The molecule has 21 heavy (non-hydrogen) atoms. The average molecular weight is 296 g/mol. The molecule has 112 valence electrons. The molecular formula is C13H14F2N4O2. The average Bonchev–Trinajstić information content (AvgIpc) is 2.82. The summed E-state index contributed by atoms with van der Waals surface area (Å²) in [5.74, 6) is 0.733. The molecule has 0 aliphatic carbocycles. The Bertz CT molecular complexity index is 630. The minimum atomic E-state index is -2.93. The Morgan fingerprint density at radius 2 is 2.24 bits per heavy atom. The van der Waals surface area contributed by atoms with Crippen molar-refractivity contribution in [1.82, 2.24) is 20.1 Å². The molecule has 0 saturated heterocycles. The van der Waals surface area contributed by atoms with Crippen LogP contribution in [0.25, 0.3) is 0 Å². The Morgan fingerprint density at radius 3 is 2.86 bits per heavy atom. The molecule has 0 spiro atoms. The Balaban J connectivity index is 2.08. The number of halogens is 2. The summed E-state index contributed by atoms with van der Waals surface area (Å²) in [4.78, 5) is 17.7. The smallest absolute Gasteiger partial charge is 0.387 e. The molecule has 1 N–H and O–H groups in total.